The second kappa shape index (κ2) is 6.39. The number of para-hydroxylation sites is 1. The second-order valence-corrected chi connectivity index (χ2v) is 4.14. The summed E-state index contributed by atoms with van der Waals surface area (Å²) in [4.78, 5) is 11.2. The summed E-state index contributed by atoms with van der Waals surface area (Å²) < 4.78 is 4.73. The van der Waals surface area contributed by atoms with Crippen LogP contribution in [0.2, 0.25) is 0 Å². The van der Waals surface area contributed by atoms with E-state index in [1.54, 1.807) is 12.1 Å². The Morgan fingerprint density at radius 1 is 1.15 bits per heavy atom. The maximum atomic E-state index is 11.2. The molecule has 0 unspecified atom stereocenters. The summed E-state index contributed by atoms with van der Waals surface area (Å²) in [5.41, 5.74) is 2.97. The van der Waals surface area contributed by atoms with Crippen molar-refractivity contribution < 1.29 is 14.6 Å². The number of carbonyl (C=O) groups excluding carboxylic acids is 1. The van der Waals surface area contributed by atoms with Gasteiger partial charge in [0, 0.05) is 0 Å². The SMILES string of the molecule is N#CCCOC(=O)c1ccccc1O.c1cc2cc-2c1. The van der Waals surface area contributed by atoms with Crippen LogP contribution in [-0.2, 0) is 4.74 Å². The third-order valence-electron chi connectivity index (χ3n) is 2.68. The molecule has 2 aliphatic carbocycles. The number of fused-ring (bicyclic) bond motifs is 1. The number of phenolic OH excluding ortho intramolecular Hbond substituents is 1. The van der Waals surface area contributed by atoms with Crippen LogP contribution in [0.4, 0.5) is 0 Å². The van der Waals surface area contributed by atoms with Crippen molar-refractivity contribution in [3.63, 3.8) is 0 Å². The monoisotopic (exact) mass is 267 g/mol. The van der Waals surface area contributed by atoms with Crippen LogP contribution in [0.15, 0.2) is 48.5 Å². The van der Waals surface area contributed by atoms with E-state index in [1.807, 2.05) is 6.07 Å². The van der Waals surface area contributed by atoms with Gasteiger partial charge in [-0.1, -0.05) is 30.3 Å². The molecule has 0 radical (unpaired) electrons. The lowest BCUT2D eigenvalue weighted by atomic mass is 10.2. The summed E-state index contributed by atoms with van der Waals surface area (Å²) >= 11 is 0. The maximum absolute atomic E-state index is 11.2. The lowest BCUT2D eigenvalue weighted by molar-refractivity contribution is 0.0510. The Hall–Kier alpha value is -2.80. The Bertz CT molecular complexity index is 642. The Kier molecular flexibility index (Phi) is 4.35. The molecule has 0 aromatic heterocycles. The second-order valence-electron chi connectivity index (χ2n) is 4.14. The number of rotatable bonds is 3. The van der Waals surface area contributed by atoms with Gasteiger partial charge in [-0.05, 0) is 29.3 Å². The van der Waals surface area contributed by atoms with Crippen LogP contribution >= 0.6 is 0 Å². The van der Waals surface area contributed by atoms with Crippen molar-refractivity contribution in [1.29, 1.82) is 5.26 Å². The van der Waals surface area contributed by atoms with Crippen LogP contribution in [0, 0.1) is 11.3 Å². The molecule has 1 aromatic carbocycles. The highest BCUT2D eigenvalue weighted by Gasteiger charge is 2.10. The molecule has 1 aromatic rings. The molecule has 0 saturated carbocycles. The summed E-state index contributed by atoms with van der Waals surface area (Å²) in [5, 5.41) is 17.5. The number of aromatic hydroxyl groups is 1. The third-order valence-corrected chi connectivity index (χ3v) is 2.68. The van der Waals surface area contributed by atoms with E-state index in [2.05, 4.69) is 24.3 Å². The number of hydrogen-bond acceptors (Lipinski definition) is 4. The van der Waals surface area contributed by atoms with Gasteiger partial charge in [-0.25, -0.2) is 4.79 Å². The number of nitriles is 1. The molecule has 2 aliphatic rings. The Morgan fingerprint density at radius 2 is 1.85 bits per heavy atom. The van der Waals surface area contributed by atoms with Gasteiger partial charge in [0.15, 0.2) is 0 Å². The van der Waals surface area contributed by atoms with Crippen molar-refractivity contribution in [3.05, 3.63) is 54.1 Å². The number of esters is 1. The number of ether oxygens (including phenoxy) is 1. The van der Waals surface area contributed by atoms with E-state index in [0.717, 1.165) is 0 Å². The summed E-state index contributed by atoms with van der Waals surface area (Å²) in [5.74, 6) is -0.729. The molecule has 0 spiro atoms. The van der Waals surface area contributed by atoms with Gasteiger partial charge in [-0.2, -0.15) is 5.26 Å². The molecule has 20 heavy (non-hydrogen) atoms. The van der Waals surface area contributed by atoms with E-state index in [1.165, 1.54) is 23.3 Å². The molecule has 0 fully saturated rings. The zero-order valence-electron chi connectivity index (χ0n) is 10.7. The summed E-state index contributed by atoms with van der Waals surface area (Å²) in [6, 6.07) is 16.4. The first-order chi connectivity index (χ1) is 9.72. The van der Waals surface area contributed by atoms with E-state index in [9.17, 15) is 9.90 Å². The van der Waals surface area contributed by atoms with E-state index in [4.69, 9.17) is 10.00 Å². The smallest absolute Gasteiger partial charge is 0.341 e. The zero-order chi connectivity index (χ0) is 14.4. The first-order valence-electron chi connectivity index (χ1n) is 6.15. The normalized spacial score (nSPS) is 9.75. The average molecular weight is 267 g/mol. The number of phenols is 1. The summed E-state index contributed by atoms with van der Waals surface area (Å²) in [6.45, 7) is 0.0453. The molecule has 4 nitrogen and oxygen atoms in total. The Morgan fingerprint density at radius 3 is 2.35 bits per heavy atom. The predicted octanol–water partition coefficient (Wildman–Crippen LogP) is 3.13. The zero-order valence-corrected chi connectivity index (χ0v) is 10.7. The Labute approximate surface area is 116 Å². The van der Waals surface area contributed by atoms with Gasteiger partial charge in [0.2, 0.25) is 0 Å². The standard InChI is InChI=1S/C10H9NO3.C6H4/c11-6-3-7-14-10(13)8-4-1-2-5-9(8)12;1-2-5-4-6(5)3-1/h1-2,4-5,12H,3,7H2;1-4H. The molecular formula is C16H13NO3. The fourth-order valence-corrected chi connectivity index (χ4v) is 1.59. The minimum Gasteiger partial charge on any atom is -0.507 e. The number of nitrogens with zero attached hydrogens (tertiary/aromatic N) is 1. The highest BCUT2D eigenvalue weighted by atomic mass is 16.5. The lowest BCUT2D eigenvalue weighted by Gasteiger charge is -2.03. The van der Waals surface area contributed by atoms with Crippen molar-refractivity contribution >= 4 is 5.97 Å². The van der Waals surface area contributed by atoms with Crippen LogP contribution in [-0.4, -0.2) is 17.7 Å². The van der Waals surface area contributed by atoms with E-state index in [-0.39, 0.29) is 24.3 Å². The number of hydrogen-bond donors (Lipinski definition) is 1. The van der Waals surface area contributed by atoms with Crippen LogP contribution in [0.25, 0.3) is 11.1 Å². The summed E-state index contributed by atoms with van der Waals surface area (Å²) in [7, 11) is 0. The minimum atomic E-state index is -0.613. The van der Waals surface area contributed by atoms with Gasteiger partial charge in [0.05, 0.1) is 12.5 Å². The molecule has 1 N–H and O–H groups in total. The van der Waals surface area contributed by atoms with Crippen LogP contribution in [0.3, 0.4) is 0 Å². The largest absolute Gasteiger partial charge is 0.507 e. The van der Waals surface area contributed by atoms with Crippen molar-refractivity contribution in [2.45, 2.75) is 6.42 Å². The van der Waals surface area contributed by atoms with Crippen molar-refractivity contribution in [2.24, 2.45) is 0 Å². The van der Waals surface area contributed by atoms with Gasteiger partial charge < -0.3 is 9.84 Å². The molecular weight excluding hydrogens is 254 g/mol. The first kappa shape index (κ1) is 13.6. The van der Waals surface area contributed by atoms with Crippen molar-refractivity contribution in [2.75, 3.05) is 6.61 Å². The number of carbonyl (C=O) groups is 1. The van der Waals surface area contributed by atoms with Crippen molar-refractivity contribution in [1.82, 2.24) is 0 Å². The van der Waals surface area contributed by atoms with Gasteiger partial charge in [0.25, 0.3) is 0 Å². The van der Waals surface area contributed by atoms with Crippen LogP contribution < -0.4 is 0 Å². The molecule has 0 atom stereocenters. The van der Waals surface area contributed by atoms with Gasteiger partial charge in [-0.15, -0.1) is 0 Å². The molecule has 0 heterocycles. The molecule has 0 bridgehead atoms. The highest BCUT2D eigenvalue weighted by molar-refractivity contribution is 5.92. The predicted molar refractivity (Wildman–Crippen MR) is 74.1 cm³/mol. The van der Waals surface area contributed by atoms with E-state index in [0.29, 0.717) is 0 Å². The van der Waals surface area contributed by atoms with E-state index < -0.39 is 5.97 Å². The topological polar surface area (TPSA) is 70.3 Å². The number of benzene rings is 2. The van der Waals surface area contributed by atoms with Gasteiger partial charge in [-0.3, -0.25) is 0 Å². The fraction of sp³-hybridized carbons (Fsp3) is 0.125. The lowest BCUT2D eigenvalue weighted by Crippen LogP contribution is -2.06. The molecule has 3 rings (SSSR count). The Balaban J connectivity index is 0.000000198. The van der Waals surface area contributed by atoms with Crippen LogP contribution in [0.5, 0.6) is 5.75 Å². The summed E-state index contributed by atoms with van der Waals surface area (Å²) in [6.07, 6.45) is 0.152. The molecule has 0 saturated heterocycles. The quantitative estimate of drug-likeness (QED) is 0.584. The molecule has 4 heteroatoms. The van der Waals surface area contributed by atoms with E-state index >= 15 is 0 Å². The van der Waals surface area contributed by atoms with Gasteiger partial charge in [0.1, 0.15) is 17.9 Å². The van der Waals surface area contributed by atoms with Crippen LogP contribution in [0.1, 0.15) is 16.8 Å². The van der Waals surface area contributed by atoms with Crippen molar-refractivity contribution in [3.8, 4) is 22.9 Å². The molecule has 0 aliphatic heterocycles. The maximum Gasteiger partial charge on any atom is 0.341 e. The average Bonchev–Trinajstić information content (AvgIpc) is 3.06. The first-order valence-corrected chi connectivity index (χ1v) is 6.15. The molecule has 0 amide bonds. The third kappa shape index (κ3) is 3.59. The fourth-order valence-electron chi connectivity index (χ4n) is 1.59. The highest BCUT2D eigenvalue weighted by Crippen LogP contribution is 2.32. The minimum absolute atomic E-state index is 0.0453. The van der Waals surface area contributed by atoms with Gasteiger partial charge >= 0.3 is 5.97 Å². The molecule has 100 valence electrons.